The number of rotatable bonds is 9. The smallest absolute Gasteiger partial charge is 0.251 e. The van der Waals surface area contributed by atoms with Gasteiger partial charge in [0.05, 0.1) is 6.04 Å². The third-order valence-electron chi connectivity index (χ3n) is 4.99. The summed E-state index contributed by atoms with van der Waals surface area (Å²) in [5.74, 6) is 1.59. The van der Waals surface area contributed by atoms with Gasteiger partial charge in [0.1, 0.15) is 0 Å². The zero-order valence-corrected chi connectivity index (χ0v) is 18.3. The van der Waals surface area contributed by atoms with Gasteiger partial charge in [-0.2, -0.15) is 11.8 Å². The Balaban J connectivity index is 1.80. The lowest BCUT2D eigenvalue weighted by atomic mass is 10.1. The van der Waals surface area contributed by atoms with Crippen molar-refractivity contribution in [2.45, 2.75) is 39.3 Å². The Kier molecular flexibility index (Phi) is 7.14. The molecule has 0 aliphatic rings. The minimum atomic E-state index is -0.199. The summed E-state index contributed by atoms with van der Waals surface area (Å²) in [5, 5.41) is 11.7. The second kappa shape index (κ2) is 9.78. The maximum atomic E-state index is 12.9. The van der Waals surface area contributed by atoms with Gasteiger partial charge in [-0.15, -0.1) is 10.2 Å². The number of thioether (sulfide) groups is 1. The molecule has 2 aromatic heterocycles. The number of carbonyl (C=O) groups is 1. The molecule has 0 bridgehead atoms. The first kappa shape index (κ1) is 21.2. The number of benzene rings is 1. The van der Waals surface area contributed by atoms with Crippen molar-refractivity contribution >= 4 is 29.0 Å². The largest absolute Gasteiger partial charge is 0.369 e. The van der Waals surface area contributed by atoms with Crippen molar-refractivity contribution < 1.29 is 4.79 Å². The summed E-state index contributed by atoms with van der Waals surface area (Å²) >= 11 is 1.75. The summed E-state index contributed by atoms with van der Waals surface area (Å²) in [5.41, 5.74) is 2.56. The minimum Gasteiger partial charge on any atom is -0.369 e. The van der Waals surface area contributed by atoms with Crippen LogP contribution in [0.4, 0.5) is 5.69 Å². The number of carbonyl (C=O) groups excluding carboxylic acids is 1. The molecule has 1 N–H and O–H groups in total. The quantitative estimate of drug-likeness (QED) is 0.572. The number of aromatic nitrogens is 3. The zero-order valence-electron chi connectivity index (χ0n) is 17.5. The van der Waals surface area contributed by atoms with Gasteiger partial charge < -0.3 is 10.2 Å². The summed E-state index contributed by atoms with van der Waals surface area (Å²) in [6, 6.07) is 13.8. The van der Waals surface area contributed by atoms with E-state index in [1.807, 2.05) is 53.1 Å². The average Bonchev–Trinajstić information content (AvgIpc) is 3.16. The lowest BCUT2D eigenvalue weighted by Gasteiger charge is -2.27. The summed E-state index contributed by atoms with van der Waals surface area (Å²) in [4.78, 5) is 15.2. The van der Waals surface area contributed by atoms with Crippen LogP contribution in [-0.4, -0.2) is 45.1 Å². The highest BCUT2D eigenvalue weighted by Crippen LogP contribution is 2.21. The third-order valence-corrected chi connectivity index (χ3v) is 5.64. The predicted octanol–water partition coefficient (Wildman–Crippen LogP) is 4.19. The molecule has 1 atom stereocenters. The lowest BCUT2D eigenvalue weighted by Crippen LogP contribution is -2.31. The number of nitrogens with one attached hydrogen (secondary N) is 1. The van der Waals surface area contributed by atoms with Crippen molar-refractivity contribution in [2.75, 3.05) is 23.5 Å². The van der Waals surface area contributed by atoms with Gasteiger partial charge in [-0.05, 0) is 75.6 Å². The van der Waals surface area contributed by atoms with Gasteiger partial charge >= 0.3 is 0 Å². The van der Waals surface area contributed by atoms with Crippen molar-refractivity contribution in [3.05, 3.63) is 60.0 Å². The standard InChI is InChI=1S/C22H29N5OS/c1-5-26(16(2)3)18-11-9-17(10-12-18)22(28)23-19(13-15-29-4)21-25-24-20-8-6-7-14-27(20)21/h6-12,14,16,19H,5,13,15H2,1-4H3,(H,23,28). The second-order valence-electron chi connectivity index (χ2n) is 7.22. The molecule has 0 aliphatic heterocycles. The fourth-order valence-corrected chi connectivity index (χ4v) is 3.96. The fraction of sp³-hybridized carbons (Fsp3) is 0.409. The van der Waals surface area contributed by atoms with E-state index in [1.54, 1.807) is 11.8 Å². The lowest BCUT2D eigenvalue weighted by molar-refractivity contribution is 0.0934. The van der Waals surface area contributed by atoms with E-state index in [1.165, 1.54) is 0 Å². The molecular weight excluding hydrogens is 382 g/mol. The number of hydrogen-bond donors (Lipinski definition) is 1. The maximum Gasteiger partial charge on any atom is 0.251 e. The highest BCUT2D eigenvalue weighted by atomic mass is 32.2. The fourth-order valence-electron chi connectivity index (χ4n) is 3.49. The van der Waals surface area contributed by atoms with Crippen molar-refractivity contribution in [1.82, 2.24) is 19.9 Å². The highest BCUT2D eigenvalue weighted by Gasteiger charge is 2.21. The Morgan fingerprint density at radius 3 is 2.59 bits per heavy atom. The molecule has 7 heteroatoms. The van der Waals surface area contributed by atoms with Crippen LogP contribution in [0.15, 0.2) is 48.7 Å². The number of anilines is 1. The molecule has 3 rings (SSSR count). The van der Waals surface area contributed by atoms with E-state index in [4.69, 9.17) is 0 Å². The minimum absolute atomic E-state index is 0.0945. The van der Waals surface area contributed by atoms with Gasteiger partial charge in [0, 0.05) is 30.0 Å². The summed E-state index contributed by atoms with van der Waals surface area (Å²) in [6.45, 7) is 7.41. The Bertz CT molecular complexity index is 938. The topological polar surface area (TPSA) is 62.5 Å². The molecule has 0 fully saturated rings. The van der Waals surface area contributed by atoms with Crippen LogP contribution in [-0.2, 0) is 0 Å². The number of nitrogens with zero attached hydrogens (tertiary/aromatic N) is 4. The molecule has 1 unspecified atom stereocenters. The number of fused-ring (bicyclic) bond motifs is 1. The van der Waals surface area contributed by atoms with Crippen LogP contribution < -0.4 is 10.2 Å². The van der Waals surface area contributed by atoms with E-state index in [-0.39, 0.29) is 11.9 Å². The second-order valence-corrected chi connectivity index (χ2v) is 8.21. The van der Waals surface area contributed by atoms with E-state index >= 15 is 0 Å². The SMILES string of the molecule is CCN(c1ccc(C(=O)NC(CCSC)c2nnc3ccccn23)cc1)C(C)C. The predicted molar refractivity (Wildman–Crippen MR) is 121 cm³/mol. The molecule has 1 amide bonds. The number of amides is 1. The van der Waals surface area contributed by atoms with Gasteiger partial charge in [0.25, 0.3) is 5.91 Å². The molecule has 0 saturated carbocycles. The molecule has 29 heavy (non-hydrogen) atoms. The first-order valence-electron chi connectivity index (χ1n) is 10.0. The van der Waals surface area contributed by atoms with Crippen molar-refractivity contribution in [3.8, 4) is 0 Å². The van der Waals surface area contributed by atoms with Crippen LogP contribution in [0.5, 0.6) is 0 Å². The molecule has 0 spiro atoms. The van der Waals surface area contributed by atoms with Crippen molar-refractivity contribution in [1.29, 1.82) is 0 Å². The van der Waals surface area contributed by atoms with Crippen LogP contribution in [0.3, 0.4) is 0 Å². The molecule has 2 heterocycles. The first-order chi connectivity index (χ1) is 14.0. The van der Waals surface area contributed by atoms with Crippen molar-refractivity contribution in [2.24, 2.45) is 0 Å². The monoisotopic (exact) mass is 411 g/mol. The van der Waals surface area contributed by atoms with Crippen molar-refractivity contribution in [3.63, 3.8) is 0 Å². The number of pyridine rings is 1. The summed E-state index contributed by atoms with van der Waals surface area (Å²) in [6.07, 6.45) is 4.79. The maximum absolute atomic E-state index is 12.9. The van der Waals surface area contributed by atoms with E-state index in [2.05, 4.69) is 47.4 Å². The summed E-state index contributed by atoms with van der Waals surface area (Å²) in [7, 11) is 0. The van der Waals surface area contributed by atoms with E-state index in [0.717, 1.165) is 35.9 Å². The Labute approximate surface area is 176 Å². The Hall–Kier alpha value is -2.54. The van der Waals surface area contributed by atoms with Gasteiger partial charge in [-0.3, -0.25) is 9.20 Å². The van der Waals surface area contributed by atoms with E-state index < -0.39 is 0 Å². The first-order valence-corrected chi connectivity index (χ1v) is 11.4. The molecule has 0 aliphatic carbocycles. The van der Waals surface area contributed by atoms with E-state index in [9.17, 15) is 4.79 Å². The molecule has 1 aromatic carbocycles. The molecular formula is C22H29N5OS. The van der Waals surface area contributed by atoms with Gasteiger partial charge in [0.2, 0.25) is 0 Å². The van der Waals surface area contributed by atoms with Crippen LogP contribution in [0, 0.1) is 0 Å². The molecule has 0 saturated heterocycles. The van der Waals surface area contributed by atoms with Crippen LogP contribution in [0.2, 0.25) is 0 Å². The van der Waals surface area contributed by atoms with Gasteiger partial charge in [-0.1, -0.05) is 6.07 Å². The molecule has 0 radical (unpaired) electrons. The molecule has 3 aromatic rings. The van der Waals surface area contributed by atoms with Crippen LogP contribution in [0.1, 0.15) is 49.4 Å². The van der Waals surface area contributed by atoms with Crippen LogP contribution >= 0.6 is 11.8 Å². The van der Waals surface area contributed by atoms with Crippen LogP contribution in [0.25, 0.3) is 5.65 Å². The summed E-state index contributed by atoms with van der Waals surface area (Å²) < 4.78 is 1.94. The Morgan fingerprint density at radius 2 is 1.93 bits per heavy atom. The van der Waals surface area contributed by atoms with E-state index in [0.29, 0.717) is 11.6 Å². The highest BCUT2D eigenvalue weighted by molar-refractivity contribution is 7.98. The molecule has 154 valence electrons. The normalized spacial score (nSPS) is 12.3. The third kappa shape index (κ3) is 4.90. The zero-order chi connectivity index (χ0) is 20.8. The molecule has 6 nitrogen and oxygen atoms in total. The van der Waals surface area contributed by atoms with Gasteiger partial charge in [-0.25, -0.2) is 0 Å². The Morgan fingerprint density at radius 1 is 1.17 bits per heavy atom. The van der Waals surface area contributed by atoms with Gasteiger partial charge in [0.15, 0.2) is 11.5 Å². The average molecular weight is 412 g/mol. The number of hydrogen-bond acceptors (Lipinski definition) is 5.